The Morgan fingerprint density at radius 2 is 2.05 bits per heavy atom. The van der Waals surface area contributed by atoms with Crippen molar-refractivity contribution < 1.29 is 24.3 Å². The number of hydrogen-bond acceptors (Lipinski definition) is 4. The normalized spacial score (nSPS) is 35.7. The first-order valence-corrected chi connectivity index (χ1v) is 6.58. The van der Waals surface area contributed by atoms with Gasteiger partial charge in [-0.05, 0) is 19.3 Å². The van der Waals surface area contributed by atoms with Gasteiger partial charge in [-0.2, -0.15) is 0 Å². The number of urea groups is 1. The minimum absolute atomic E-state index is 0.117. The van der Waals surface area contributed by atoms with Crippen LogP contribution in [0.1, 0.15) is 19.3 Å². The lowest BCUT2D eigenvalue weighted by atomic mass is 9.89. The van der Waals surface area contributed by atoms with Crippen molar-refractivity contribution in [3.05, 3.63) is 0 Å². The summed E-state index contributed by atoms with van der Waals surface area (Å²) in [5, 5.41) is 13.6. The van der Waals surface area contributed by atoms with E-state index in [4.69, 9.17) is 5.11 Å². The van der Waals surface area contributed by atoms with Crippen molar-refractivity contribution in [1.82, 2.24) is 15.5 Å². The van der Waals surface area contributed by atoms with E-state index in [-0.39, 0.29) is 12.5 Å². The third-order valence-electron chi connectivity index (χ3n) is 4.24. The number of amides is 4. The van der Waals surface area contributed by atoms with Gasteiger partial charge in [0.05, 0.1) is 18.4 Å². The van der Waals surface area contributed by atoms with E-state index in [9.17, 15) is 19.2 Å². The van der Waals surface area contributed by atoms with Crippen LogP contribution < -0.4 is 10.6 Å². The molecule has 3 atom stereocenters. The van der Waals surface area contributed by atoms with Crippen molar-refractivity contribution in [2.75, 3.05) is 13.1 Å². The SMILES string of the molecule is O=C1NC(=O)C2(CCCN(C(=O)[C@@H]3C[C@@H]3C(=O)O)C2)N1. The van der Waals surface area contributed by atoms with Crippen LogP contribution in [0.5, 0.6) is 0 Å². The number of imide groups is 1. The van der Waals surface area contributed by atoms with Crippen molar-refractivity contribution in [3.63, 3.8) is 0 Å². The molecule has 3 aliphatic rings. The number of rotatable bonds is 2. The maximum Gasteiger partial charge on any atom is 0.322 e. The van der Waals surface area contributed by atoms with E-state index < -0.39 is 35.3 Å². The van der Waals surface area contributed by atoms with Gasteiger partial charge in [0.1, 0.15) is 5.54 Å². The minimum atomic E-state index is -1.04. The molecule has 0 bridgehead atoms. The molecule has 1 aliphatic carbocycles. The number of nitrogens with one attached hydrogen (secondary N) is 2. The van der Waals surface area contributed by atoms with Gasteiger partial charge in [-0.15, -0.1) is 0 Å². The third kappa shape index (κ3) is 1.91. The highest BCUT2D eigenvalue weighted by atomic mass is 16.4. The second-order valence-electron chi connectivity index (χ2n) is 5.64. The molecule has 1 unspecified atom stereocenters. The van der Waals surface area contributed by atoms with Crippen LogP contribution >= 0.6 is 0 Å². The van der Waals surface area contributed by atoms with Crippen molar-refractivity contribution in [2.24, 2.45) is 11.8 Å². The van der Waals surface area contributed by atoms with Crippen molar-refractivity contribution in [2.45, 2.75) is 24.8 Å². The summed E-state index contributed by atoms with van der Waals surface area (Å²) < 4.78 is 0. The average Bonchev–Trinajstić information content (AvgIpc) is 3.13. The van der Waals surface area contributed by atoms with E-state index in [1.807, 2.05) is 0 Å². The van der Waals surface area contributed by atoms with E-state index >= 15 is 0 Å². The van der Waals surface area contributed by atoms with Crippen molar-refractivity contribution >= 4 is 23.8 Å². The summed E-state index contributed by atoms with van der Waals surface area (Å²) in [6.07, 6.45) is 1.45. The Labute approximate surface area is 114 Å². The Hall–Kier alpha value is -2.12. The molecule has 2 aliphatic heterocycles. The smallest absolute Gasteiger partial charge is 0.322 e. The number of carbonyl (C=O) groups excluding carboxylic acids is 3. The van der Waals surface area contributed by atoms with E-state index in [0.29, 0.717) is 25.8 Å². The summed E-state index contributed by atoms with van der Waals surface area (Å²) >= 11 is 0. The van der Waals surface area contributed by atoms with E-state index in [1.165, 1.54) is 4.90 Å². The van der Waals surface area contributed by atoms with E-state index in [0.717, 1.165) is 0 Å². The maximum atomic E-state index is 12.2. The van der Waals surface area contributed by atoms with Crippen LogP contribution in [-0.4, -0.2) is 52.4 Å². The Morgan fingerprint density at radius 3 is 2.60 bits per heavy atom. The van der Waals surface area contributed by atoms with Gasteiger partial charge >= 0.3 is 12.0 Å². The first-order valence-electron chi connectivity index (χ1n) is 6.58. The topological polar surface area (TPSA) is 116 Å². The quantitative estimate of drug-likeness (QED) is 0.556. The number of piperidine rings is 1. The first kappa shape index (κ1) is 12.9. The largest absolute Gasteiger partial charge is 0.481 e. The van der Waals surface area contributed by atoms with Gasteiger partial charge in [0.25, 0.3) is 5.91 Å². The number of carboxylic acid groups (broad SMARTS) is 1. The van der Waals surface area contributed by atoms with Crippen LogP contribution in [0, 0.1) is 11.8 Å². The van der Waals surface area contributed by atoms with Gasteiger partial charge < -0.3 is 15.3 Å². The molecule has 2 saturated heterocycles. The highest BCUT2D eigenvalue weighted by Gasteiger charge is 2.54. The number of hydrogen-bond donors (Lipinski definition) is 3. The van der Waals surface area contributed by atoms with Crippen LogP contribution in [0.4, 0.5) is 4.79 Å². The molecule has 0 radical (unpaired) electrons. The molecule has 0 aromatic carbocycles. The Kier molecular flexibility index (Phi) is 2.70. The molecular formula is C12H15N3O5. The van der Waals surface area contributed by atoms with Crippen molar-refractivity contribution in [3.8, 4) is 0 Å². The molecule has 3 rings (SSSR count). The molecule has 0 aromatic heterocycles. The van der Waals surface area contributed by atoms with Crippen LogP contribution in [-0.2, 0) is 14.4 Å². The summed E-state index contributed by atoms with van der Waals surface area (Å²) in [7, 11) is 0. The summed E-state index contributed by atoms with van der Waals surface area (Å²) in [5.74, 6) is -2.69. The fraction of sp³-hybridized carbons (Fsp3) is 0.667. The molecule has 1 spiro atoms. The summed E-state index contributed by atoms with van der Waals surface area (Å²) in [6.45, 7) is 0.610. The van der Waals surface area contributed by atoms with Gasteiger partial charge in [-0.3, -0.25) is 19.7 Å². The molecule has 4 amide bonds. The predicted molar refractivity (Wildman–Crippen MR) is 64.5 cm³/mol. The molecule has 2 heterocycles. The number of nitrogens with zero attached hydrogens (tertiary/aromatic N) is 1. The zero-order chi connectivity index (χ0) is 14.5. The van der Waals surface area contributed by atoms with Crippen LogP contribution in [0.15, 0.2) is 0 Å². The number of likely N-dealkylation sites (tertiary alicyclic amines) is 1. The molecule has 3 N–H and O–H groups in total. The highest BCUT2D eigenvalue weighted by molar-refractivity contribution is 6.07. The van der Waals surface area contributed by atoms with Crippen LogP contribution in [0.2, 0.25) is 0 Å². The maximum absolute atomic E-state index is 12.2. The zero-order valence-corrected chi connectivity index (χ0v) is 10.7. The molecule has 20 heavy (non-hydrogen) atoms. The lowest BCUT2D eigenvalue weighted by molar-refractivity contribution is -0.143. The number of carboxylic acids is 1. The Bertz CT molecular complexity index is 519. The third-order valence-corrected chi connectivity index (χ3v) is 4.24. The summed E-state index contributed by atoms with van der Waals surface area (Å²) in [5.41, 5.74) is -1.04. The lowest BCUT2D eigenvalue weighted by Crippen LogP contribution is -2.59. The zero-order valence-electron chi connectivity index (χ0n) is 10.7. The first-order chi connectivity index (χ1) is 9.43. The van der Waals surface area contributed by atoms with E-state index in [2.05, 4.69) is 10.6 Å². The molecule has 8 heteroatoms. The molecule has 3 fully saturated rings. The summed E-state index contributed by atoms with van der Waals surface area (Å²) in [4.78, 5) is 47.7. The van der Waals surface area contributed by atoms with E-state index in [1.54, 1.807) is 0 Å². The van der Waals surface area contributed by atoms with Crippen molar-refractivity contribution in [1.29, 1.82) is 0 Å². The van der Waals surface area contributed by atoms with Crippen LogP contribution in [0.3, 0.4) is 0 Å². The monoisotopic (exact) mass is 281 g/mol. The standard InChI is InChI=1S/C12H15N3O5/c16-8(6-4-7(6)9(17)18)15-3-1-2-12(5-15)10(19)13-11(20)14-12/h6-7H,1-5H2,(H,17,18)(H2,13,14,19,20)/t6-,7+,12?/m1/s1. The summed E-state index contributed by atoms with van der Waals surface area (Å²) in [6, 6.07) is -0.542. The van der Waals surface area contributed by atoms with Gasteiger partial charge in [0.15, 0.2) is 0 Å². The molecular weight excluding hydrogens is 266 g/mol. The average molecular weight is 281 g/mol. The van der Waals surface area contributed by atoms with Gasteiger partial charge in [-0.1, -0.05) is 0 Å². The Morgan fingerprint density at radius 1 is 1.30 bits per heavy atom. The fourth-order valence-corrected chi connectivity index (χ4v) is 3.03. The fourth-order valence-electron chi connectivity index (χ4n) is 3.03. The van der Waals surface area contributed by atoms with Crippen LogP contribution in [0.25, 0.3) is 0 Å². The van der Waals surface area contributed by atoms with Gasteiger partial charge in [0.2, 0.25) is 5.91 Å². The molecule has 0 aromatic rings. The Balaban J connectivity index is 1.70. The molecule has 1 saturated carbocycles. The molecule has 108 valence electrons. The molecule has 8 nitrogen and oxygen atoms in total. The second kappa shape index (κ2) is 4.19. The van der Waals surface area contributed by atoms with Gasteiger partial charge in [0, 0.05) is 6.54 Å². The minimum Gasteiger partial charge on any atom is -0.481 e. The number of carbonyl (C=O) groups is 4. The lowest BCUT2D eigenvalue weighted by Gasteiger charge is -2.38. The second-order valence-corrected chi connectivity index (χ2v) is 5.64. The highest BCUT2D eigenvalue weighted by Crippen LogP contribution is 2.41. The van der Waals surface area contributed by atoms with Gasteiger partial charge in [-0.25, -0.2) is 4.79 Å². The number of aliphatic carboxylic acids is 1. The predicted octanol–water partition coefficient (Wildman–Crippen LogP) is -1.09.